The zero-order valence-electron chi connectivity index (χ0n) is 11.5. The lowest BCUT2D eigenvalue weighted by atomic mass is 10.1. The van der Waals surface area contributed by atoms with Gasteiger partial charge in [-0.25, -0.2) is 9.97 Å². The van der Waals surface area contributed by atoms with E-state index in [1.54, 1.807) is 6.20 Å². The molecule has 0 saturated heterocycles. The molecule has 0 aliphatic rings. The largest absolute Gasteiger partial charge is 0.268 e. The molecular formula is C16H15ClN4. The third-order valence-corrected chi connectivity index (χ3v) is 3.49. The lowest BCUT2D eigenvalue weighted by molar-refractivity contribution is 0.686. The highest BCUT2D eigenvalue weighted by atomic mass is 35.5. The second-order valence-electron chi connectivity index (χ2n) is 4.85. The Morgan fingerprint density at radius 2 is 1.81 bits per heavy atom. The predicted molar refractivity (Wildman–Crippen MR) is 82.2 cm³/mol. The van der Waals surface area contributed by atoms with E-state index in [1.807, 2.05) is 23.0 Å². The Morgan fingerprint density at radius 3 is 2.52 bits per heavy atom. The molecule has 3 aromatic rings. The van der Waals surface area contributed by atoms with Gasteiger partial charge in [-0.05, 0) is 36.1 Å². The molecule has 0 bridgehead atoms. The molecular weight excluding hydrogens is 284 g/mol. The summed E-state index contributed by atoms with van der Waals surface area (Å²) in [5.41, 5.74) is 3.50. The molecule has 0 radical (unpaired) electrons. The van der Waals surface area contributed by atoms with Crippen molar-refractivity contribution in [3.05, 3.63) is 77.1 Å². The molecule has 2 heterocycles. The summed E-state index contributed by atoms with van der Waals surface area (Å²) in [7, 11) is 0. The molecule has 0 amide bonds. The minimum absolute atomic E-state index is 0.495. The van der Waals surface area contributed by atoms with Gasteiger partial charge in [0.1, 0.15) is 11.5 Å². The number of rotatable bonds is 5. The predicted octanol–water partition coefficient (Wildman–Crippen LogP) is 3.16. The number of nitrogens with zero attached hydrogens (tertiary/aromatic N) is 4. The normalized spacial score (nSPS) is 10.7. The average molecular weight is 299 g/mol. The van der Waals surface area contributed by atoms with Crippen molar-refractivity contribution in [1.82, 2.24) is 19.7 Å². The van der Waals surface area contributed by atoms with Crippen molar-refractivity contribution in [3.8, 4) is 0 Å². The fraction of sp³-hybridized carbons (Fsp3) is 0.188. The van der Waals surface area contributed by atoms with E-state index in [1.165, 1.54) is 17.5 Å². The Bertz CT molecular complexity index is 693. The standard InChI is InChI=1S/C16H15ClN4/c17-16-10-15(18-12-19-16)7-6-13-2-4-14(5-3-13)11-21-9-1-8-20-21/h1-5,8-10,12H,6-7,11H2. The van der Waals surface area contributed by atoms with Crippen LogP contribution in [0.4, 0.5) is 0 Å². The summed E-state index contributed by atoms with van der Waals surface area (Å²) < 4.78 is 1.91. The Labute approximate surface area is 128 Å². The van der Waals surface area contributed by atoms with E-state index < -0.39 is 0 Å². The lowest BCUT2D eigenvalue weighted by Gasteiger charge is -2.05. The van der Waals surface area contributed by atoms with Gasteiger partial charge in [-0.15, -0.1) is 0 Å². The summed E-state index contributed by atoms with van der Waals surface area (Å²) in [6.07, 6.45) is 7.06. The fourth-order valence-corrected chi connectivity index (χ4v) is 2.34. The molecule has 0 spiro atoms. The van der Waals surface area contributed by atoms with Gasteiger partial charge in [-0.2, -0.15) is 5.10 Å². The molecule has 1 aromatic carbocycles. The minimum atomic E-state index is 0.495. The van der Waals surface area contributed by atoms with Gasteiger partial charge in [-0.3, -0.25) is 4.68 Å². The van der Waals surface area contributed by atoms with Gasteiger partial charge in [0.25, 0.3) is 0 Å². The van der Waals surface area contributed by atoms with Gasteiger partial charge in [0.05, 0.1) is 6.54 Å². The molecule has 0 atom stereocenters. The van der Waals surface area contributed by atoms with Crippen molar-refractivity contribution in [2.45, 2.75) is 19.4 Å². The van der Waals surface area contributed by atoms with E-state index in [2.05, 4.69) is 39.3 Å². The van der Waals surface area contributed by atoms with Gasteiger partial charge < -0.3 is 0 Å². The van der Waals surface area contributed by atoms with E-state index in [4.69, 9.17) is 11.6 Å². The first-order valence-corrected chi connectivity index (χ1v) is 7.19. The van der Waals surface area contributed by atoms with Gasteiger partial charge in [0.2, 0.25) is 0 Å². The maximum absolute atomic E-state index is 5.86. The van der Waals surface area contributed by atoms with Crippen LogP contribution in [0.3, 0.4) is 0 Å². The van der Waals surface area contributed by atoms with E-state index in [-0.39, 0.29) is 0 Å². The summed E-state index contributed by atoms with van der Waals surface area (Å²) in [6, 6.07) is 12.3. The van der Waals surface area contributed by atoms with Crippen LogP contribution in [-0.4, -0.2) is 19.7 Å². The molecule has 21 heavy (non-hydrogen) atoms. The number of halogens is 1. The van der Waals surface area contributed by atoms with Gasteiger partial charge in [0.15, 0.2) is 0 Å². The number of hydrogen-bond acceptors (Lipinski definition) is 3. The smallest absolute Gasteiger partial charge is 0.132 e. The zero-order chi connectivity index (χ0) is 14.5. The van der Waals surface area contributed by atoms with Crippen LogP contribution in [-0.2, 0) is 19.4 Å². The van der Waals surface area contributed by atoms with Crippen LogP contribution in [0.15, 0.2) is 55.1 Å². The molecule has 0 aliphatic heterocycles. The highest BCUT2D eigenvalue weighted by Crippen LogP contribution is 2.10. The molecule has 3 rings (SSSR count). The molecule has 106 valence electrons. The third-order valence-electron chi connectivity index (χ3n) is 3.29. The second-order valence-corrected chi connectivity index (χ2v) is 5.24. The molecule has 2 aromatic heterocycles. The summed E-state index contributed by atoms with van der Waals surface area (Å²) in [5.74, 6) is 0. The first-order valence-electron chi connectivity index (χ1n) is 6.81. The maximum atomic E-state index is 5.86. The highest BCUT2D eigenvalue weighted by Gasteiger charge is 2.00. The summed E-state index contributed by atoms with van der Waals surface area (Å²) >= 11 is 5.86. The SMILES string of the molecule is Clc1cc(CCc2ccc(Cn3cccn3)cc2)ncn1. The van der Waals surface area contributed by atoms with Crippen LogP contribution < -0.4 is 0 Å². The van der Waals surface area contributed by atoms with Crippen molar-refractivity contribution >= 4 is 11.6 Å². The maximum Gasteiger partial charge on any atom is 0.132 e. The minimum Gasteiger partial charge on any atom is -0.268 e. The molecule has 0 N–H and O–H groups in total. The molecule has 0 unspecified atom stereocenters. The average Bonchev–Trinajstić information content (AvgIpc) is 3.00. The first-order chi connectivity index (χ1) is 10.3. The van der Waals surface area contributed by atoms with E-state index >= 15 is 0 Å². The van der Waals surface area contributed by atoms with Crippen molar-refractivity contribution in [1.29, 1.82) is 0 Å². The lowest BCUT2D eigenvalue weighted by Crippen LogP contribution is -2.00. The van der Waals surface area contributed by atoms with E-state index in [9.17, 15) is 0 Å². The Hall–Kier alpha value is -2.20. The Morgan fingerprint density at radius 1 is 1.00 bits per heavy atom. The van der Waals surface area contributed by atoms with Crippen LogP contribution in [0.2, 0.25) is 5.15 Å². The molecule has 0 aliphatic carbocycles. The number of hydrogen-bond donors (Lipinski definition) is 0. The molecule has 0 fully saturated rings. The van der Waals surface area contributed by atoms with Crippen molar-refractivity contribution in [2.75, 3.05) is 0 Å². The monoisotopic (exact) mass is 298 g/mol. The van der Waals surface area contributed by atoms with Crippen LogP contribution in [0.1, 0.15) is 16.8 Å². The van der Waals surface area contributed by atoms with Gasteiger partial charge >= 0.3 is 0 Å². The van der Waals surface area contributed by atoms with Crippen molar-refractivity contribution in [3.63, 3.8) is 0 Å². The zero-order valence-corrected chi connectivity index (χ0v) is 12.2. The highest BCUT2D eigenvalue weighted by molar-refractivity contribution is 6.29. The van der Waals surface area contributed by atoms with Gasteiger partial charge in [-0.1, -0.05) is 35.9 Å². The molecule has 5 heteroatoms. The van der Waals surface area contributed by atoms with Crippen LogP contribution in [0.5, 0.6) is 0 Å². The first kappa shape index (κ1) is 13.8. The summed E-state index contributed by atoms with van der Waals surface area (Å²) in [6.45, 7) is 0.800. The quantitative estimate of drug-likeness (QED) is 0.680. The molecule has 0 saturated carbocycles. The summed E-state index contributed by atoms with van der Waals surface area (Å²) in [4.78, 5) is 8.10. The Kier molecular flexibility index (Phi) is 4.26. The third kappa shape index (κ3) is 3.89. The Balaban J connectivity index is 1.59. The van der Waals surface area contributed by atoms with Gasteiger partial charge in [0, 0.05) is 18.1 Å². The fourth-order valence-electron chi connectivity index (χ4n) is 2.17. The van der Waals surface area contributed by atoms with Crippen LogP contribution in [0, 0.1) is 0 Å². The second kappa shape index (κ2) is 6.50. The van der Waals surface area contributed by atoms with E-state index in [0.717, 1.165) is 25.1 Å². The number of aryl methyl sites for hydroxylation is 2. The topological polar surface area (TPSA) is 43.6 Å². The summed E-state index contributed by atoms with van der Waals surface area (Å²) in [5, 5.41) is 4.70. The van der Waals surface area contributed by atoms with Crippen molar-refractivity contribution in [2.24, 2.45) is 0 Å². The molecule has 4 nitrogen and oxygen atoms in total. The number of aromatic nitrogens is 4. The van der Waals surface area contributed by atoms with E-state index in [0.29, 0.717) is 5.15 Å². The van der Waals surface area contributed by atoms with Crippen LogP contribution in [0.25, 0.3) is 0 Å². The van der Waals surface area contributed by atoms with Crippen LogP contribution >= 0.6 is 11.6 Å². The number of benzene rings is 1. The van der Waals surface area contributed by atoms with Crippen molar-refractivity contribution < 1.29 is 0 Å².